The normalized spacial score (nSPS) is 22.5. The summed E-state index contributed by atoms with van der Waals surface area (Å²) in [4.78, 5) is 0. The summed E-state index contributed by atoms with van der Waals surface area (Å²) in [5.41, 5.74) is 1.22. The minimum Gasteiger partial charge on any atom is -0.316 e. The van der Waals surface area contributed by atoms with E-state index in [2.05, 4.69) is 17.3 Å². The standard InChI is InChI=1S/C15H27N3O2S/c1-3-8-16-11-13(14-7-10-21(19,20)12-14)4-5-15-6-9-17-18(15)2/h6,9,13-14,16H,3-5,7-8,10-12H2,1-2H3. The topological polar surface area (TPSA) is 64.0 Å². The Morgan fingerprint density at radius 2 is 2.33 bits per heavy atom. The van der Waals surface area contributed by atoms with E-state index in [-0.39, 0.29) is 0 Å². The molecule has 1 aliphatic rings. The van der Waals surface area contributed by atoms with Gasteiger partial charge in [-0.15, -0.1) is 0 Å². The number of sulfone groups is 1. The summed E-state index contributed by atoms with van der Waals surface area (Å²) in [6, 6.07) is 2.04. The average Bonchev–Trinajstić information content (AvgIpc) is 3.00. The highest BCUT2D eigenvalue weighted by Crippen LogP contribution is 2.28. The molecule has 0 aliphatic carbocycles. The summed E-state index contributed by atoms with van der Waals surface area (Å²) < 4.78 is 25.4. The first-order chi connectivity index (χ1) is 10.0. The van der Waals surface area contributed by atoms with E-state index in [0.29, 0.717) is 23.3 Å². The van der Waals surface area contributed by atoms with Gasteiger partial charge in [0.15, 0.2) is 9.84 Å². The summed E-state index contributed by atoms with van der Waals surface area (Å²) >= 11 is 0. The van der Waals surface area contributed by atoms with Crippen molar-refractivity contribution in [2.45, 2.75) is 32.6 Å². The van der Waals surface area contributed by atoms with Crippen LogP contribution in [0.5, 0.6) is 0 Å². The smallest absolute Gasteiger partial charge is 0.150 e. The minimum atomic E-state index is -2.80. The molecule has 0 amide bonds. The molecule has 2 unspecified atom stereocenters. The predicted octanol–water partition coefficient (Wildman–Crippen LogP) is 1.40. The van der Waals surface area contributed by atoms with Crippen molar-refractivity contribution in [1.29, 1.82) is 0 Å². The highest BCUT2D eigenvalue weighted by Gasteiger charge is 2.33. The lowest BCUT2D eigenvalue weighted by Crippen LogP contribution is -2.30. The van der Waals surface area contributed by atoms with Gasteiger partial charge in [-0.25, -0.2) is 8.42 Å². The first kappa shape index (κ1) is 16.5. The Morgan fingerprint density at radius 1 is 1.52 bits per heavy atom. The second-order valence-electron chi connectivity index (χ2n) is 6.11. The molecule has 1 aromatic heterocycles. The van der Waals surface area contributed by atoms with Crippen LogP contribution in [0.1, 0.15) is 31.9 Å². The SMILES string of the molecule is CCCNCC(CCc1ccnn1C)C1CCS(=O)(=O)C1. The van der Waals surface area contributed by atoms with Gasteiger partial charge >= 0.3 is 0 Å². The monoisotopic (exact) mass is 313 g/mol. The number of hydrogen-bond acceptors (Lipinski definition) is 4. The fraction of sp³-hybridized carbons (Fsp3) is 0.800. The lowest BCUT2D eigenvalue weighted by molar-refractivity contribution is 0.323. The summed E-state index contributed by atoms with van der Waals surface area (Å²) in [7, 11) is -0.839. The van der Waals surface area contributed by atoms with Crippen molar-refractivity contribution in [1.82, 2.24) is 15.1 Å². The van der Waals surface area contributed by atoms with Gasteiger partial charge in [0, 0.05) is 18.9 Å². The van der Waals surface area contributed by atoms with Crippen LogP contribution in [0.4, 0.5) is 0 Å². The molecule has 2 heterocycles. The molecule has 1 fully saturated rings. The van der Waals surface area contributed by atoms with E-state index in [1.807, 2.05) is 24.0 Å². The van der Waals surface area contributed by atoms with Crippen LogP contribution < -0.4 is 5.32 Å². The molecule has 1 aromatic rings. The molecule has 5 nitrogen and oxygen atoms in total. The van der Waals surface area contributed by atoms with Crippen LogP contribution >= 0.6 is 0 Å². The lowest BCUT2D eigenvalue weighted by Gasteiger charge is -2.23. The van der Waals surface area contributed by atoms with Crippen LogP contribution in [-0.2, 0) is 23.3 Å². The minimum absolute atomic E-state index is 0.313. The second-order valence-corrected chi connectivity index (χ2v) is 8.34. The third kappa shape index (κ3) is 4.81. The molecule has 0 spiro atoms. The van der Waals surface area contributed by atoms with E-state index in [1.54, 1.807) is 0 Å². The van der Waals surface area contributed by atoms with Gasteiger partial charge < -0.3 is 5.32 Å². The Bertz CT molecular complexity index is 539. The molecule has 0 saturated carbocycles. The fourth-order valence-corrected chi connectivity index (χ4v) is 5.06. The molecule has 0 bridgehead atoms. The molecule has 1 saturated heterocycles. The van der Waals surface area contributed by atoms with Gasteiger partial charge in [-0.3, -0.25) is 4.68 Å². The van der Waals surface area contributed by atoms with Crippen molar-refractivity contribution in [3.8, 4) is 0 Å². The Kier molecular flexibility index (Phi) is 5.81. The van der Waals surface area contributed by atoms with E-state index in [1.165, 1.54) is 5.69 Å². The van der Waals surface area contributed by atoms with E-state index >= 15 is 0 Å². The predicted molar refractivity (Wildman–Crippen MR) is 84.9 cm³/mol. The van der Waals surface area contributed by atoms with Crippen molar-refractivity contribution in [3.05, 3.63) is 18.0 Å². The second kappa shape index (κ2) is 7.40. The highest BCUT2D eigenvalue weighted by molar-refractivity contribution is 7.91. The first-order valence-electron chi connectivity index (χ1n) is 7.90. The van der Waals surface area contributed by atoms with Gasteiger partial charge in [0.25, 0.3) is 0 Å². The van der Waals surface area contributed by atoms with Crippen molar-refractivity contribution < 1.29 is 8.42 Å². The molecule has 6 heteroatoms. The molecular weight excluding hydrogens is 286 g/mol. The third-order valence-corrected chi connectivity index (χ3v) is 6.26. The molecule has 2 rings (SSSR count). The van der Waals surface area contributed by atoms with Gasteiger partial charge in [-0.1, -0.05) is 6.92 Å². The molecule has 0 radical (unpaired) electrons. The summed E-state index contributed by atoms with van der Waals surface area (Å²) in [5, 5.41) is 7.66. The maximum Gasteiger partial charge on any atom is 0.150 e. The number of aryl methyl sites for hydroxylation is 2. The summed E-state index contributed by atoms with van der Waals surface area (Å²) in [6.45, 7) is 4.07. The molecule has 2 atom stereocenters. The van der Waals surface area contributed by atoms with Gasteiger partial charge in [-0.05, 0) is 56.7 Å². The van der Waals surface area contributed by atoms with Gasteiger partial charge in [0.1, 0.15) is 0 Å². The zero-order valence-corrected chi connectivity index (χ0v) is 13.9. The molecule has 0 aromatic carbocycles. The molecule has 1 aliphatic heterocycles. The van der Waals surface area contributed by atoms with Crippen LogP contribution in [0, 0.1) is 11.8 Å². The lowest BCUT2D eigenvalue weighted by atomic mass is 9.87. The molecule has 1 N–H and O–H groups in total. The van der Waals surface area contributed by atoms with Crippen LogP contribution in [-0.4, -0.2) is 42.8 Å². The van der Waals surface area contributed by atoms with Crippen LogP contribution in [0.3, 0.4) is 0 Å². The van der Waals surface area contributed by atoms with Crippen LogP contribution in [0.15, 0.2) is 12.3 Å². The quantitative estimate of drug-likeness (QED) is 0.737. The maximum absolute atomic E-state index is 11.7. The zero-order chi connectivity index (χ0) is 15.3. The zero-order valence-electron chi connectivity index (χ0n) is 13.1. The van der Waals surface area contributed by atoms with Crippen LogP contribution in [0.2, 0.25) is 0 Å². The average molecular weight is 313 g/mol. The Morgan fingerprint density at radius 3 is 2.90 bits per heavy atom. The number of rotatable bonds is 8. The molecule has 21 heavy (non-hydrogen) atoms. The fourth-order valence-electron chi connectivity index (χ4n) is 3.14. The Balaban J connectivity index is 1.93. The van der Waals surface area contributed by atoms with Gasteiger partial charge in [0.05, 0.1) is 11.5 Å². The van der Waals surface area contributed by atoms with Crippen molar-refractivity contribution in [2.75, 3.05) is 24.6 Å². The van der Waals surface area contributed by atoms with E-state index in [9.17, 15) is 8.42 Å². The Labute approximate surface area is 128 Å². The van der Waals surface area contributed by atoms with Crippen molar-refractivity contribution in [3.63, 3.8) is 0 Å². The molecular formula is C15H27N3O2S. The summed E-state index contributed by atoms with van der Waals surface area (Å²) in [5.74, 6) is 1.49. The third-order valence-electron chi connectivity index (χ3n) is 4.46. The number of aromatic nitrogens is 2. The number of hydrogen-bond donors (Lipinski definition) is 1. The number of nitrogens with one attached hydrogen (secondary N) is 1. The van der Waals surface area contributed by atoms with E-state index < -0.39 is 9.84 Å². The van der Waals surface area contributed by atoms with Crippen molar-refractivity contribution >= 4 is 9.84 Å². The van der Waals surface area contributed by atoms with Crippen LogP contribution in [0.25, 0.3) is 0 Å². The highest BCUT2D eigenvalue weighted by atomic mass is 32.2. The summed E-state index contributed by atoms with van der Waals surface area (Å²) in [6.07, 6.45) is 5.74. The van der Waals surface area contributed by atoms with E-state index in [4.69, 9.17) is 0 Å². The van der Waals surface area contributed by atoms with Gasteiger partial charge in [0.2, 0.25) is 0 Å². The Hall–Kier alpha value is -0.880. The first-order valence-corrected chi connectivity index (χ1v) is 9.72. The van der Waals surface area contributed by atoms with Gasteiger partial charge in [-0.2, -0.15) is 5.10 Å². The van der Waals surface area contributed by atoms with E-state index in [0.717, 1.165) is 38.8 Å². The maximum atomic E-state index is 11.7. The largest absolute Gasteiger partial charge is 0.316 e. The molecule has 120 valence electrons. The number of nitrogens with zero attached hydrogens (tertiary/aromatic N) is 2. The van der Waals surface area contributed by atoms with Crippen molar-refractivity contribution in [2.24, 2.45) is 18.9 Å².